The van der Waals surface area contributed by atoms with Crippen molar-refractivity contribution in [3.05, 3.63) is 12.2 Å². The summed E-state index contributed by atoms with van der Waals surface area (Å²) in [5.41, 5.74) is 0. The van der Waals surface area contributed by atoms with Gasteiger partial charge >= 0.3 is 6.03 Å². The highest BCUT2D eigenvalue weighted by atomic mass is 16.2. The summed E-state index contributed by atoms with van der Waals surface area (Å²) in [5.74, 6) is -0.147. The first kappa shape index (κ1) is 12.5. The van der Waals surface area contributed by atoms with E-state index in [2.05, 4.69) is 10.6 Å². The third-order valence-electron chi connectivity index (χ3n) is 1.42. The highest BCUT2D eigenvalue weighted by Crippen LogP contribution is 1.75. The molecule has 0 aromatic carbocycles. The molecule has 0 aromatic rings. The number of allylic oxidation sites excluding steroid dienone is 1. The van der Waals surface area contributed by atoms with E-state index in [0.717, 1.165) is 0 Å². The van der Waals surface area contributed by atoms with Crippen molar-refractivity contribution >= 4 is 11.9 Å². The van der Waals surface area contributed by atoms with Gasteiger partial charge in [-0.15, -0.1) is 0 Å². The maximum Gasteiger partial charge on any atom is 0.316 e. The number of hydrogen-bond donors (Lipinski definition) is 2. The summed E-state index contributed by atoms with van der Waals surface area (Å²) < 4.78 is 0. The first-order valence-corrected chi connectivity index (χ1v) is 4.43. The Labute approximate surface area is 84.2 Å². The van der Waals surface area contributed by atoms with Crippen molar-refractivity contribution in [1.29, 1.82) is 0 Å². The summed E-state index contributed by atoms with van der Waals surface area (Å²) in [7, 11) is 3.32. The molecule has 3 amide bonds. The summed E-state index contributed by atoms with van der Waals surface area (Å²) in [4.78, 5) is 23.3. The monoisotopic (exact) mass is 199 g/mol. The molecule has 0 aliphatic carbocycles. The minimum absolute atomic E-state index is 0.147. The standard InChI is InChI=1S/C9H17N3O2/c1-4-5-8(13)10-6-7-11-9(14)12(2)3/h4-5H,6-7H2,1-3H3,(H,10,13)(H,11,14)/b5-4+. The molecule has 0 saturated heterocycles. The van der Waals surface area contributed by atoms with Crippen LogP contribution in [-0.4, -0.2) is 44.0 Å². The van der Waals surface area contributed by atoms with Crippen LogP contribution in [0.4, 0.5) is 4.79 Å². The zero-order valence-corrected chi connectivity index (χ0v) is 8.83. The minimum Gasteiger partial charge on any atom is -0.351 e. The van der Waals surface area contributed by atoms with Gasteiger partial charge in [-0.2, -0.15) is 0 Å². The molecule has 2 N–H and O–H groups in total. The average molecular weight is 199 g/mol. The van der Waals surface area contributed by atoms with Crippen LogP contribution in [0.25, 0.3) is 0 Å². The molecule has 0 aliphatic heterocycles. The van der Waals surface area contributed by atoms with Crippen molar-refractivity contribution in [3.8, 4) is 0 Å². The van der Waals surface area contributed by atoms with Gasteiger partial charge in [-0.05, 0) is 13.0 Å². The van der Waals surface area contributed by atoms with E-state index in [9.17, 15) is 9.59 Å². The summed E-state index contributed by atoms with van der Waals surface area (Å²) >= 11 is 0. The molecule has 0 saturated carbocycles. The summed E-state index contributed by atoms with van der Waals surface area (Å²) in [5, 5.41) is 5.25. The third-order valence-corrected chi connectivity index (χ3v) is 1.42. The van der Waals surface area contributed by atoms with Crippen LogP contribution in [-0.2, 0) is 4.79 Å². The number of rotatable bonds is 4. The predicted octanol–water partition coefficient (Wildman–Crippen LogP) is -0.0501. The molecule has 0 unspecified atom stereocenters. The molecule has 0 radical (unpaired) electrons. The Balaban J connectivity index is 3.47. The van der Waals surface area contributed by atoms with Gasteiger partial charge in [0.05, 0.1) is 0 Å². The lowest BCUT2D eigenvalue weighted by atomic mass is 10.5. The fourth-order valence-electron chi connectivity index (χ4n) is 0.724. The quantitative estimate of drug-likeness (QED) is 0.492. The zero-order valence-electron chi connectivity index (χ0n) is 8.83. The lowest BCUT2D eigenvalue weighted by Gasteiger charge is -2.11. The van der Waals surface area contributed by atoms with Crippen molar-refractivity contribution in [2.24, 2.45) is 0 Å². The molecule has 0 rings (SSSR count). The van der Waals surface area contributed by atoms with E-state index in [0.29, 0.717) is 13.1 Å². The van der Waals surface area contributed by atoms with Crippen molar-refractivity contribution in [3.63, 3.8) is 0 Å². The largest absolute Gasteiger partial charge is 0.351 e. The summed E-state index contributed by atoms with van der Waals surface area (Å²) in [6.07, 6.45) is 3.10. The topological polar surface area (TPSA) is 61.4 Å². The molecule has 0 atom stereocenters. The lowest BCUT2D eigenvalue weighted by molar-refractivity contribution is -0.116. The second kappa shape index (κ2) is 6.94. The van der Waals surface area contributed by atoms with Crippen molar-refractivity contribution in [2.75, 3.05) is 27.2 Å². The Morgan fingerprint density at radius 3 is 2.29 bits per heavy atom. The van der Waals surface area contributed by atoms with Crippen LogP contribution in [0.15, 0.2) is 12.2 Å². The number of urea groups is 1. The van der Waals surface area contributed by atoms with Crippen LogP contribution in [0.5, 0.6) is 0 Å². The molecule has 0 fully saturated rings. The Hall–Kier alpha value is -1.52. The molecule has 0 spiro atoms. The van der Waals surface area contributed by atoms with Crippen LogP contribution in [0.1, 0.15) is 6.92 Å². The highest BCUT2D eigenvalue weighted by molar-refractivity contribution is 5.87. The van der Waals surface area contributed by atoms with Gasteiger partial charge in [-0.1, -0.05) is 6.08 Å². The molecule has 14 heavy (non-hydrogen) atoms. The van der Waals surface area contributed by atoms with E-state index in [-0.39, 0.29) is 11.9 Å². The van der Waals surface area contributed by atoms with E-state index >= 15 is 0 Å². The highest BCUT2D eigenvalue weighted by Gasteiger charge is 2.00. The molecular weight excluding hydrogens is 182 g/mol. The first-order chi connectivity index (χ1) is 6.57. The van der Waals surface area contributed by atoms with Gasteiger partial charge in [0.15, 0.2) is 0 Å². The van der Waals surface area contributed by atoms with Gasteiger partial charge in [0.2, 0.25) is 5.91 Å². The first-order valence-electron chi connectivity index (χ1n) is 4.43. The van der Waals surface area contributed by atoms with E-state index in [4.69, 9.17) is 0 Å². The number of hydrogen-bond acceptors (Lipinski definition) is 2. The Bertz CT molecular complexity index is 224. The SMILES string of the molecule is C/C=C/C(=O)NCCNC(=O)N(C)C. The van der Waals surface area contributed by atoms with Gasteiger partial charge in [0, 0.05) is 27.2 Å². The van der Waals surface area contributed by atoms with Crippen molar-refractivity contribution in [2.45, 2.75) is 6.92 Å². The minimum atomic E-state index is -0.162. The number of nitrogens with zero attached hydrogens (tertiary/aromatic N) is 1. The number of carbonyl (C=O) groups is 2. The number of nitrogens with one attached hydrogen (secondary N) is 2. The second-order valence-corrected chi connectivity index (χ2v) is 2.92. The van der Waals surface area contributed by atoms with E-state index in [1.807, 2.05) is 0 Å². The maximum atomic E-state index is 11.0. The van der Waals surface area contributed by atoms with Crippen LogP contribution in [0.2, 0.25) is 0 Å². The molecular formula is C9H17N3O2. The Kier molecular flexibility index (Phi) is 6.19. The van der Waals surface area contributed by atoms with Gasteiger partial charge < -0.3 is 15.5 Å². The van der Waals surface area contributed by atoms with Crippen LogP contribution >= 0.6 is 0 Å². The normalized spacial score (nSPS) is 9.93. The fraction of sp³-hybridized carbons (Fsp3) is 0.556. The number of carbonyl (C=O) groups excluding carboxylic acids is 2. The van der Waals surface area contributed by atoms with Gasteiger partial charge in [0.1, 0.15) is 0 Å². The third kappa shape index (κ3) is 6.05. The molecule has 0 heterocycles. The summed E-state index contributed by atoms with van der Waals surface area (Å²) in [6, 6.07) is -0.162. The lowest BCUT2D eigenvalue weighted by Crippen LogP contribution is -2.39. The maximum absolute atomic E-state index is 11.0. The second-order valence-electron chi connectivity index (χ2n) is 2.92. The van der Waals surface area contributed by atoms with E-state index < -0.39 is 0 Å². The van der Waals surface area contributed by atoms with E-state index in [1.165, 1.54) is 11.0 Å². The Morgan fingerprint density at radius 2 is 1.79 bits per heavy atom. The molecule has 0 bridgehead atoms. The smallest absolute Gasteiger partial charge is 0.316 e. The van der Waals surface area contributed by atoms with Gasteiger partial charge in [-0.3, -0.25) is 4.79 Å². The predicted molar refractivity (Wildman–Crippen MR) is 54.9 cm³/mol. The average Bonchev–Trinajstić information content (AvgIpc) is 2.12. The van der Waals surface area contributed by atoms with Crippen molar-refractivity contribution < 1.29 is 9.59 Å². The van der Waals surface area contributed by atoms with Crippen LogP contribution < -0.4 is 10.6 Å². The number of amides is 3. The van der Waals surface area contributed by atoms with Crippen molar-refractivity contribution in [1.82, 2.24) is 15.5 Å². The van der Waals surface area contributed by atoms with Crippen LogP contribution in [0.3, 0.4) is 0 Å². The van der Waals surface area contributed by atoms with E-state index in [1.54, 1.807) is 27.1 Å². The van der Waals surface area contributed by atoms with Gasteiger partial charge in [0.25, 0.3) is 0 Å². The molecule has 5 heteroatoms. The Morgan fingerprint density at radius 1 is 1.21 bits per heavy atom. The van der Waals surface area contributed by atoms with Gasteiger partial charge in [-0.25, -0.2) is 4.79 Å². The molecule has 0 aromatic heterocycles. The summed E-state index contributed by atoms with van der Waals surface area (Å²) in [6.45, 7) is 2.64. The zero-order chi connectivity index (χ0) is 11.0. The fourth-order valence-corrected chi connectivity index (χ4v) is 0.724. The molecule has 0 aliphatic rings. The molecule has 80 valence electrons. The van der Waals surface area contributed by atoms with Crippen LogP contribution in [0, 0.1) is 0 Å². The molecule has 5 nitrogen and oxygen atoms in total.